The Morgan fingerprint density at radius 1 is 0.400 bits per heavy atom. The summed E-state index contributed by atoms with van der Waals surface area (Å²) in [4.78, 5) is 0. The third-order valence-electron chi connectivity index (χ3n) is 4.43. The second-order valence-corrected chi connectivity index (χ2v) is 6.08. The molecule has 1 heteroatoms. The maximum Gasteiger partial charge on any atom is 0.0314 e. The molecule has 4 aromatic rings. The highest BCUT2D eigenvalue weighted by Gasteiger charge is 2.13. The molecule has 0 saturated heterocycles. The van der Waals surface area contributed by atoms with Crippen molar-refractivity contribution in [1.82, 2.24) is 0 Å². The molecule has 1 nitrogen and oxygen atoms in total. The molecule has 0 radical (unpaired) electrons. The molecular formula is C24H19N. The van der Waals surface area contributed by atoms with Crippen molar-refractivity contribution < 1.29 is 0 Å². The number of hydrogen-bond donors (Lipinski definition) is 1. The van der Waals surface area contributed by atoms with Crippen molar-refractivity contribution in [3.8, 4) is 33.4 Å². The molecule has 0 aliphatic heterocycles. The Labute approximate surface area is 148 Å². The van der Waals surface area contributed by atoms with E-state index in [9.17, 15) is 0 Å². The van der Waals surface area contributed by atoms with Crippen LogP contribution in [0.5, 0.6) is 0 Å². The fourth-order valence-electron chi connectivity index (χ4n) is 3.23. The van der Waals surface area contributed by atoms with Crippen molar-refractivity contribution >= 4 is 5.69 Å². The number of rotatable bonds is 3. The van der Waals surface area contributed by atoms with E-state index in [-0.39, 0.29) is 0 Å². The average molecular weight is 321 g/mol. The van der Waals surface area contributed by atoms with E-state index in [4.69, 9.17) is 5.73 Å². The summed E-state index contributed by atoms with van der Waals surface area (Å²) in [5.41, 5.74) is 14.0. The fraction of sp³-hybridized carbons (Fsp3) is 0. The van der Waals surface area contributed by atoms with Gasteiger partial charge in [-0.3, -0.25) is 0 Å². The zero-order valence-electron chi connectivity index (χ0n) is 13.9. The molecule has 2 N–H and O–H groups in total. The molecule has 0 aromatic heterocycles. The Balaban J connectivity index is 2.00. The first-order chi connectivity index (χ1) is 12.3. The van der Waals surface area contributed by atoms with Crippen LogP contribution in [0, 0.1) is 0 Å². The summed E-state index contributed by atoms with van der Waals surface area (Å²) in [5, 5.41) is 0. The van der Waals surface area contributed by atoms with Crippen LogP contribution in [-0.2, 0) is 0 Å². The zero-order valence-corrected chi connectivity index (χ0v) is 13.9. The predicted molar refractivity (Wildman–Crippen MR) is 107 cm³/mol. The van der Waals surface area contributed by atoms with Gasteiger partial charge in [0.25, 0.3) is 0 Å². The third kappa shape index (κ3) is 3.05. The lowest BCUT2D eigenvalue weighted by Gasteiger charge is -2.16. The summed E-state index contributed by atoms with van der Waals surface area (Å²) in [7, 11) is 0. The first-order valence-electron chi connectivity index (χ1n) is 8.43. The molecular weight excluding hydrogens is 302 g/mol. The van der Waals surface area contributed by atoms with Crippen LogP contribution in [0.1, 0.15) is 0 Å². The van der Waals surface area contributed by atoms with Gasteiger partial charge >= 0.3 is 0 Å². The highest BCUT2D eigenvalue weighted by molar-refractivity contribution is 5.94. The lowest BCUT2D eigenvalue weighted by atomic mass is 9.88. The quantitative estimate of drug-likeness (QED) is 0.442. The average Bonchev–Trinajstić information content (AvgIpc) is 2.69. The lowest BCUT2D eigenvalue weighted by molar-refractivity contribution is 1.56. The molecule has 0 atom stereocenters. The van der Waals surface area contributed by atoms with Gasteiger partial charge in [0.05, 0.1) is 0 Å². The van der Waals surface area contributed by atoms with E-state index in [0.717, 1.165) is 5.69 Å². The Bertz CT molecular complexity index is 971. The second kappa shape index (κ2) is 6.66. The van der Waals surface area contributed by atoms with Gasteiger partial charge in [0.15, 0.2) is 0 Å². The van der Waals surface area contributed by atoms with E-state index in [1.165, 1.54) is 33.4 Å². The van der Waals surface area contributed by atoms with E-state index in [0.29, 0.717) is 0 Å². The summed E-state index contributed by atoms with van der Waals surface area (Å²) in [6.45, 7) is 0. The Hall–Kier alpha value is -3.32. The van der Waals surface area contributed by atoms with Crippen LogP contribution in [0.4, 0.5) is 5.69 Å². The molecule has 0 unspecified atom stereocenters. The van der Waals surface area contributed by atoms with Crippen molar-refractivity contribution in [1.29, 1.82) is 0 Å². The maximum atomic E-state index is 5.87. The smallest absolute Gasteiger partial charge is 0.0314 e. The van der Waals surface area contributed by atoms with Crippen molar-refractivity contribution in [2.45, 2.75) is 0 Å². The molecule has 0 bridgehead atoms. The predicted octanol–water partition coefficient (Wildman–Crippen LogP) is 6.27. The molecule has 0 aliphatic rings. The minimum atomic E-state index is 0.782. The molecule has 0 fully saturated rings. The molecule has 0 aliphatic carbocycles. The van der Waals surface area contributed by atoms with E-state index in [2.05, 4.69) is 91.0 Å². The SMILES string of the molecule is Nc1ccc(-c2cccc(-c3ccccc3)c2-c2ccccc2)cc1. The number of benzene rings is 4. The van der Waals surface area contributed by atoms with E-state index in [1.807, 2.05) is 12.1 Å². The highest BCUT2D eigenvalue weighted by Crippen LogP contribution is 2.39. The van der Waals surface area contributed by atoms with Crippen LogP contribution in [-0.4, -0.2) is 0 Å². The van der Waals surface area contributed by atoms with Crippen molar-refractivity contribution in [2.75, 3.05) is 5.73 Å². The van der Waals surface area contributed by atoms with Gasteiger partial charge in [0.1, 0.15) is 0 Å². The summed E-state index contributed by atoms with van der Waals surface area (Å²) >= 11 is 0. The zero-order chi connectivity index (χ0) is 17.1. The van der Waals surface area contributed by atoms with Crippen molar-refractivity contribution in [3.63, 3.8) is 0 Å². The summed E-state index contributed by atoms with van der Waals surface area (Å²) in [5.74, 6) is 0. The van der Waals surface area contributed by atoms with Gasteiger partial charge in [-0.2, -0.15) is 0 Å². The van der Waals surface area contributed by atoms with Crippen LogP contribution >= 0.6 is 0 Å². The molecule has 0 saturated carbocycles. The second-order valence-electron chi connectivity index (χ2n) is 6.08. The van der Waals surface area contributed by atoms with Crippen molar-refractivity contribution in [2.24, 2.45) is 0 Å². The maximum absolute atomic E-state index is 5.87. The monoisotopic (exact) mass is 321 g/mol. The lowest BCUT2D eigenvalue weighted by Crippen LogP contribution is -1.91. The van der Waals surface area contributed by atoms with E-state index >= 15 is 0 Å². The van der Waals surface area contributed by atoms with Crippen LogP contribution in [0.3, 0.4) is 0 Å². The minimum Gasteiger partial charge on any atom is -0.399 e. The van der Waals surface area contributed by atoms with Gasteiger partial charge in [0.2, 0.25) is 0 Å². The minimum absolute atomic E-state index is 0.782. The van der Waals surface area contributed by atoms with Gasteiger partial charge in [0, 0.05) is 5.69 Å². The van der Waals surface area contributed by atoms with Gasteiger partial charge in [-0.05, 0) is 45.5 Å². The molecule has 0 amide bonds. The summed E-state index contributed by atoms with van der Waals surface area (Å²) in [6, 6.07) is 35.7. The molecule has 4 aromatic carbocycles. The molecule has 25 heavy (non-hydrogen) atoms. The molecule has 4 rings (SSSR count). The molecule has 0 spiro atoms. The van der Waals surface area contributed by atoms with Gasteiger partial charge in [-0.15, -0.1) is 0 Å². The highest BCUT2D eigenvalue weighted by atomic mass is 14.5. The van der Waals surface area contributed by atoms with Gasteiger partial charge in [-0.1, -0.05) is 91.0 Å². The van der Waals surface area contributed by atoms with Gasteiger partial charge < -0.3 is 5.73 Å². The Kier molecular flexibility index (Phi) is 4.05. The number of nitrogen functional groups attached to an aromatic ring is 1. The van der Waals surface area contributed by atoms with E-state index in [1.54, 1.807) is 0 Å². The van der Waals surface area contributed by atoms with Crippen LogP contribution in [0.25, 0.3) is 33.4 Å². The first-order valence-corrected chi connectivity index (χ1v) is 8.43. The number of anilines is 1. The van der Waals surface area contributed by atoms with Crippen LogP contribution in [0.2, 0.25) is 0 Å². The standard InChI is InChI=1S/C24H19N/c25-21-16-14-19(15-17-21)23-13-7-12-22(18-8-3-1-4-9-18)24(23)20-10-5-2-6-11-20/h1-17H,25H2. The van der Waals surface area contributed by atoms with E-state index < -0.39 is 0 Å². The summed E-state index contributed by atoms with van der Waals surface area (Å²) in [6.07, 6.45) is 0. The fourth-order valence-corrected chi connectivity index (χ4v) is 3.23. The van der Waals surface area contributed by atoms with Gasteiger partial charge in [-0.25, -0.2) is 0 Å². The van der Waals surface area contributed by atoms with Crippen molar-refractivity contribution in [3.05, 3.63) is 103 Å². The first kappa shape index (κ1) is 15.2. The largest absolute Gasteiger partial charge is 0.399 e. The normalized spacial score (nSPS) is 10.6. The topological polar surface area (TPSA) is 26.0 Å². The number of hydrogen-bond acceptors (Lipinski definition) is 1. The van der Waals surface area contributed by atoms with Crippen LogP contribution in [0.15, 0.2) is 103 Å². The Morgan fingerprint density at radius 3 is 1.44 bits per heavy atom. The summed E-state index contributed by atoms with van der Waals surface area (Å²) < 4.78 is 0. The molecule has 120 valence electrons. The number of nitrogens with two attached hydrogens (primary N) is 1. The Morgan fingerprint density at radius 2 is 0.880 bits per heavy atom. The molecule has 0 heterocycles. The van der Waals surface area contributed by atoms with Crippen LogP contribution < -0.4 is 5.73 Å². The third-order valence-corrected chi connectivity index (χ3v) is 4.43.